The molecule has 0 spiro atoms. The van der Waals surface area contributed by atoms with Gasteiger partial charge in [0.1, 0.15) is 12.3 Å². The molecule has 1 aromatic carbocycles. The van der Waals surface area contributed by atoms with Crippen LogP contribution in [0.2, 0.25) is 0 Å². The smallest absolute Gasteiger partial charge is 0.265 e. The van der Waals surface area contributed by atoms with Crippen molar-refractivity contribution in [1.82, 2.24) is 5.43 Å². The molecule has 1 heterocycles. The summed E-state index contributed by atoms with van der Waals surface area (Å²) in [5.41, 5.74) is 4.43. The maximum absolute atomic E-state index is 12.1. The van der Waals surface area contributed by atoms with Gasteiger partial charge in [0, 0.05) is 6.21 Å². The van der Waals surface area contributed by atoms with Crippen LogP contribution in [-0.2, 0) is 9.59 Å². The lowest BCUT2D eigenvalue weighted by molar-refractivity contribution is -0.125. The number of allylic oxidation sites excluding steroid dienone is 2. The zero-order valence-electron chi connectivity index (χ0n) is 15.7. The molecule has 0 fully saturated rings. The predicted molar refractivity (Wildman–Crippen MR) is 103 cm³/mol. The molecule has 2 amide bonds. The number of nitrogens with zero attached hydrogens (tertiary/aromatic N) is 2. The van der Waals surface area contributed by atoms with Crippen LogP contribution in [0.1, 0.15) is 40.0 Å². The Kier molecular flexibility index (Phi) is 7.38. The minimum absolute atomic E-state index is 0.0588. The minimum Gasteiger partial charge on any atom is -0.482 e. The average Bonchev–Trinajstić information content (AvgIpc) is 2.61. The van der Waals surface area contributed by atoms with E-state index in [9.17, 15) is 9.59 Å². The molecular weight excluding hydrogens is 330 g/mol. The van der Waals surface area contributed by atoms with Crippen LogP contribution in [0.3, 0.4) is 0 Å². The van der Waals surface area contributed by atoms with E-state index in [2.05, 4.69) is 37.4 Å². The summed E-state index contributed by atoms with van der Waals surface area (Å²) in [7, 11) is 0. The summed E-state index contributed by atoms with van der Waals surface area (Å²) in [5.74, 6) is 0.534. The van der Waals surface area contributed by atoms with Crippen LogP contribution in [-0.4, -0.2) is 31.2 Å². The minimum atomic E-state index is -0.330. The fourth-order valence-electron chi connectivity index (χ4n) is 2.63. The zero-order valence-corrected chi connectivity index (χ0v) is 15.7. The van der Waals surface area contributed by atoms with Crippen LogP contribution >= 0.6 is 0 Å². The van der Waals surface area contributed by atoms with Gasteiger partial charge in [-0.3, -0.25) is 14.5 Å². The Bertz CT molecular complexity index is 693. The Balaban J connectivity index is 1.78. The van der Waals surface area contributed by atoms with E-state index in [1.165, 1.54) is 10.5 Å². The van der Waals surface area contributed by atoms with Crippen molar-refractivity contribution in [2.75, 3.05) is 18.1 Å². The number of ether oxygens (including phenoxy) is 1. The van der Waals surface area contributed by atoms with Crippen LogP contribution in [0.5, 0.6) is 5.75 Å². The number of rotatable bonds is 8. The van der Waals surface area contributed by atoms with Crippen LogP contribution < -0.4 is 15.1 Å². The van der Waals surface area contributed by atoms with E-state index in [1.54, 1.807) is 24.4 Å². The second-order valence-electron chi connectivity index (χ2n) is 6.78. The van der Waals surface area contributed by atoms with Crippen molar-refractivity contribution in [3.05, 3.63) is 35.9 Å². The molecule has 140 valence electrons. The third kappa shape index (κ3) is 6.02. The van der Waals surface area contributed by atoms with Gasteiger partial charge in [0.2, 0.25) is 0 Å². The quantitative estimate of drug-likeness (QED) is 0.441. The molecule has 0 unspecified atom stereocenters. The highest BCUT2D eigenvalue weighted by atomic mass is 16.5. The van der Waals surface area contributed by atoms with Crippen LogP contribution in [0.25, 0.3) is 0 Å². The van der Waals surface area contributed by atoms with E-state index in [0.717, 1.165) is 19.3 Å². The predicted octanol–water partition coefficient (Wildman–Crippen LogP) is 3.29. The lowest BCUT2D eigenvalue weighted by atomic mass is 10.0. The molecule has 1 aliphatic heterocycles. The van der Waals surface area contributed by atoms with Gasteiger partial charge < -0.3 is 4.74 Å². The summed E-state index contributed by atoms with van der Waals surface area (Å²) in [4.78, 5) is 25.6. The summed E-state index contributed by atoms with van der Waals surface area (Å²) in [5, 5.41) is 3.99. The van der Waals surface area contributed by atoms with Gasteiger partial charge in [-0.05, 0) is 51.2 Å². The number of carbonyl (C=O) groups excluding carboxylic acids is 2. The molecule has 1 aromatic rings. The molecule has 0 aromatic heterocycles. The topological polar surface area (TPSA) is 71.0 Å². The molecule has 0 radical (unpaired) electrons. The van der Waals surface area contributed by atoms with Crippen molar-refractivity contribution in [1.29, 1.82) is 0 Å². The molecule has 26 heavy (non-hydrogen) atoms. The number of hydrogen-bond acceptors (Lipinski definition) is 4. The van der Waals surface area contributed by atoms with E-state index >= 15 is 0 Å². The lowest BCUT2D eigenvalue weighted by Crippen LogP contribution is -2.44. The molecule has 0 saturated heterocycles. The summed E-state index contributed by atoms with van der Waals surface area (Å²) in [6.45, 7) is 6.22. The fraction of sp³-hybridized carbons (Fsp3) is 0.450. The Morgan fingerprint density at radius 2 is 2.15 bits per heavy atom. The molecule has 6 heteroatoms. The number of carbonyl (C=O) groups is 2. The van der Waals surface area contributed by atoms with Gasteiger partial charge in [0.25, 0.3) is 11.8 Å². The molecule has 0 bridgehead atoms. The number of para-hydroxylation sites is 2. The normalized spacial score (nSPS) is 14.6. The maximum atomic E-state index is 12.1. The number of hydrogen-bond donors (Lipinski definition) is 1. The molecule has 6 nitrogen and oxygen atoms in total. The first kappa shape index (κ1) is 19.7. The Hall–Kier alpha value is -2.63. The molecule has 1 atom stereocenters. The molecule has 1 aliphatic rings. The van der Waals surface area contributed by atoms with Crippen LogP contribution in [0.15, 0.2) is 41.0 Å². The third-order valence-corrected chi connectivity index (χ3v) is 4.11. The average molecular weight is 357 g/mol. The molecule has 0 aliphatic carbocycles. The zero-order chi connectivity index (χ0) is 18.9. The SMILES string of the molecule is CC(C)=CCC[C@@H](C)C/C=N\NC(=O)CN1C(=O)COc2ccccc21. The van der Waals surface area contributed by atoms with Gasteiger partial charge in [-0.25, -0.2) is 5.43 Å². The highest BCUT2D eigenvalue weighted by molar-refractivity contribution is 6.02. The molecule has 2 rings (SSSR count). The van der Waals surface area contributed by atoms with Gasteiger partial charge in [-0.15, -0.1) is 0 Å². The Morgan fingerprint density at radius 1 is 1.38 bits per heavy atom. The monoisotopic (exact) mass is 357 g/mol. The lowest BCUT2D eigenvalue weighted by Gasteiger charge is -2.28. The van der Waals surface area contributed by atoms with E-state index in [1.807, 2.05) is 6.07 Å². The van der Waals surface area contributed by atoms with Gasteiger partial charge in [0.15, 0.2) is 6.61 Å². The van der Waals surface area contributed by atoms with Gasteiger partial charge in [0.05, 0.1) is 5.69 Å². The highest BCUT2D eigenvalue weighted by Gasteiger charge is 2.26. The highest BCUT2D eigenvalue weighted by Crippen LogP contribution is 2.31. The first-order valence-electron chi connectivity index (χ1n) is 8.93. The second kappa shape index (κ2) is 9.75. The molecule has 1 N–H and O–H groups in total. The number of fused-ring (bicyclic) bond motifs is 1. The van der Waals surface area contributed by atoms with Gasteiger partial charge in [-0.2, -0.15) is 5.10 Å². The first-order valence-corrected chi connectivity index (χ1v) is 8.93. The maximum Gasteiger partial charge on any atom is 0.265 e. The van der Waals surface area contributed by atoms with Crippen molar-refractivity contribution >= 4 is 23.7 Å². The number of amides is 2. The van der Waals surface area contributed by atoms with Gasteiger partial charge >= 0.3 is 0 Å². The van der Waals surface area contributed by atoms with Crippen LogP contribution in [0, 0.1) is 5.92 Å². The first-order chi connectivity index (χ1) is 12.5. The number of benzene rings is 1. The summed E-state index contributed by atoms with van der Waals surface area (Å²) in [6.07, 6.45) is 6.90. The standard InChI is InChI=1S/C20H27N3O3/c1-15(2)7-6-8-16(3)11-12-21-22-19(24)13-23-17-9-4-5-10-18(17)26-14-20(23)25/h4-5,7,9-10,12,16H,6,8,11,13-14H2,1-3H3,(H,22,24)/b21-12-/t16-/m1/s1. The fourth-order valence-corrected chi connectivity index (χ4v) is 2.63. The largest absolute Gasteiger partial charge is 0.482 e. The van der Waals surface area contributed by atoms with E-state index in [4.69, 9.17) is 4.74 Å². The Labute approximate surface area is 154 Å². The van der Waals surface area contributed by atoms with Crippen LogP contribution in [0.4, 0.5) is 5.69 Å². The van der Waals surface area contributed by atoms with E-state index < -0.39 is 0 Å². The Morgan fingerprint density at radius 3 is 2.92 bits per heavy atom. The van der Waals surface area contributed by atoms with Crippen molar-refractivity contribution in [3.8, 4) is 5.75 Å². The molecular formula is C20H27N3O3. The van der Waals surface area contributed by atoms with Crippen molar-refractivity contribution in [3.63, 3.8) is 0 Å². The summed E-state index contributed by atoms with van der Waals surface area (Å²) < 4.78 is 5.36. The van der Waals surface area contributed by atoms with E-state index in [0.29, 0.717) is 17.4 Å². The van der Waals surface area contributed by atoms with Crippen molar-refractivity contribution < 1.29 is 14.3 Å². The molecule has 0 saturated carbocycles. The van der Waals surface area contributed by atoms with E-state index in [-0.39, 0.29) is 25.0 Å². The summed E-state index contributed by atoms with van der Waals surface area (Å²) >= 11 is 0. The van der Waals surface area contributed by atoms with Crippen molar-refractivity contribution in [2.24, 2.45) is 11.0 Å². The third-order valence-electron chi connectivity index (χ3n) is 4.11. The number of nitrogens with one attached hydrogen (secondary N) is 1. The number of anilines is 1. The van der Waals surface area contributed by atoms with Gasteiger partial charge in [-0.1, -0.05) is 30.7 Å². The number of hydrazone groups is 1. The summed E-state index contributed by atoms with van der Waals surface area (Å²) in [6, 6.07) is 7.18. The van der Waals surface area contributed by atoms with Crippen molar-refractivity contribution in [2.45, 2.75) is 40.0 Å². The second-order valence-corrected chi connectivity index (χ2v) is 6.78.